The van der Waals surface area contributed by atoms with Crippen molar-refractivity contribution in [3.63, 3.8) is 0 Å². The molecule has 0 bridgehead atoms. The summed E-state index contributed by atoms with van der Waals surface area (Å²) in [5.41, 5.74) is 4.20. The molecule has 0 radical (unpaired) electrons. The van der Waals surface area contributed by atoms with Crippen molar-refractivity contribution in [2.24, 2.45) is 11.3 Å². The molecule has 0 spiro atoms. The molecule has 0 aromatic carbocycles. The summed E-state index contributed by atoms with van der Waals surface area (Å²) >= 11 is 0. The molecule has 1 fully saturated rings. The van der Waals surface area contributed by atoms with Crippen LogP contribution < -0.4 is 0 Å². The van der Waals surface area contributed by atoms with E-state index in [1.54, 1.807) is 17.2 Å². The fourth-order valence-electron chi connectivity index (χ4n) is 5.21. The number of ether oxygens (including phenoxy) is 2. The molecule has 134 valence electrons. The van der Waals surface area contributed by atoms with E-state index in [9.17, 15) is 4.79 Å². The van der Waals surface area contributed by atoms with E-state index >= 15 is 0 Å². The Morgan fingerprint density at radius 1 is 1.29 bits per heavy atom. The van der Waals surface area contributed by atoms with Crippen molar-refractivity contribution in [3.05, 3.63) is 22.8 Å². The normalized spacial score (nSPS) is 38.1. The Hall–Kier alpha value is -1.09. The van der Waals surface area contributed by atoms with E-state index in [0.29, 0.717) is 5.92 Å². The lowest BCUT2D eigenvalue weighted by Crippen LogP contribution is -2.33. The van der Waals surface area contributed by atoms with Gasteiger partial charge in [-0.3, -0.25) is 0 Å². The first-order valence-corrected chi connectivity index (χ1v) is 9.34. The van der Waals surface area contributed by atoms with E-state index in [1.807, 2.05) is 6.92 Å². The van der Waals surface area contributed by atoms with Crippen LogP contribution in [0.4, 0.5) is 0 Å². The van der Waals surface area contributed by atoms with Gasteiger partial charge in [-0.1, -0.05) is 31.9 Å². The number of rotatable bonds is 3. The standard InChI is InChI=1S/C21H32O3/c1-14(12-18(22)23-6)13-21-17-8-7-11-19(3,4)16(17)10-9-15(2)20(21,5)24-21/h12,15H,7-11,13H2,1-6H3/b14-12+/t15-,20+,21-/m1/s1. The van der Waals surface area contributed by atoms with Crippen LogP contribution in [0, 0.1) is 11.3 Å². The van der Waals surface area contributed by atoms with E-state index in [4.69, 9.17) is 9.47 Å². The highest BCUT2D eigenvalue weighted by Gasteiger charge is 2.71. The second-order valence-corrected chi connectivity index (χ2v) is 8.86. The SMILES string of the molecule is COC(=O)/C=C(\C)C[C@]12O[C@@]1(C)[C@H](C)CCC1=C2CCCC1(C)C. The van der Waals surface area contributed by atoms with Gasteiger partial charge in [0.25, 0.3) is 0 Å². The number of esters is 1. The molecule has 0 saturated carbocycles. The molecule has 3 atom stereocenters. The predicted molar refractivity (Wildman–Crippen MR) is 95.7 cm³/mol. The number of carbonyl (C=O) groups is 1. The topological polar surface area (TPSA) is 38.8 Å². The summed E-state index contributed by atoms with van der Waals surface area (Å²) < 4.78 is 11.3. The van der Waals surface area contributed by atoms with Crippen LogP contribution in [0.5, 0.6) is 0 Å². The van der Waals surface area contributed by atoms with E-state index < -0.39 is 0 Å². The summed E-state index contributed by atoms with van der Waals surface area (Å²) in [6.07, 6.45) is 8.47. The molecule has 1 heterocycles. The molecule has 1 aliphatic heterocycles. The van der Waals surface area contributed by atoms with Crippen molar-refractivity contribution >= 4 is 5.97 Å². The minimum atomic E-state index is -0.272. The summed E-state index contributed by atoms with van der Waals surface area (Å²) in [6, 6.07) is 0. The predicted octanol–water partition coefficient (Wildman–Crippen LogP) is 4.96. The summed E-state index contributed by atoms with van der Waals surface area (Å²) in [6.45, 7) is 11.4. The van der Waals surface area contributed by atoms with Crippen LogP contribution >= 0.6 is 0 Å². The molecule has 3 nitrogen and oxygen atoms in total. The molecular formula is C21H32O3. The molecule has 0 unspecified atom stereocenters. The van der Waals surface area contributed by atoms with Gasteiger partial charge >= 0.3 is 5.97 Å². The second-order valence-electron chi connectivity index (χ2n) is 8.86. The quantitative estimate of drug-likeness (QED) is 0.317. The highest BCUT2D eigenvalue weighted by Crippen LogP contribution is 2.66. The first-order chi connectivity index (χ1) is 11.2. The minimum absolute atomic E-state index is 0.0945. The van der Waals surface area contributed by atoms with Gasteiger partial charge in [0.05, 0.1) is 7.11 Å². The summed E-state index contributed by atoms with van der Waals surface area (Å²) in [5.74, 6) is 0.260. The van der Waals surface area contributed by atoms with E-state index in [0.717, 1.165) is 18.4 Å². The fraction of sp³-hybridized carbons (Fsp3) is 0.762. The van der Waals surface area contributed by atoms with Gasteiger partial charge in [0, 0.05) is 12.5 Å². The number of epoxide rings is 1. The van der Waals surface area contributed by atoms with Crippen molar-refractivity contribution in [2.75, 3.05) is 7.11 Å². The van der Waals surface area contributed by atoms with Crippen LogP contribution in [0.2, 0.25) is 0 Å². The molecule has 3 rings (SSSR count). The van der Waals surface area contributed by atoms with Crippen LogP contribution in [0.25, 0.3) is 0 Å². The highest BCUT2D eigenvalue weighted by atomic mass is 16.6. The zero-order valence-electron chi connectivity index (χ0n) is 16.1. The average molecular weight is 332 g/mol. The lowest BCUT2D eigenvalue weighted by molar-refractivity contribution is -0.134. The summed E-state index contributed by atoms with van der Waals surface area (Å²) in [7, 11) is 1.43. The van der Waals surface area contributed by atoms with Crippen molar-refractivity contribution in [1.82, 2.24) is 0 Å². The van der Waals surface area contributed by atoms with Crippen molar-refractivity contribution < 1.29 is 14.3 Å². The third-order valence-corrected chi connectivity index (χ3v) is 6.90. The fourth-order valence-corrected chi connectivity index (χ4v) is 5.21. The third kappa shape index (κ3) is 2.56. The monoisotopic (exact) mass is 332 g/mol. The van der Waals surface area contributed by atoms with Gasteiger partial charge in [0.1, 0.15) is 11.2 Å². The summed E-state index contributed by atoms with van der Waals surface area (Å²) in [5, 5.41) is 0. The van der Waals surface area contributed by atoms with E-state index in [2.05, 4.69) is 27.7 Å². The zero-order chi connectivity index (χ0) is 17.8. The number of allylic oxidation sites excluding steroid dienone is 1. The smallest absolute Gasteiger partial charge is 0.330 e. The third-order valence-electron chi connectivity index (χ3n) is 6.90. The Labute approximate surface area is 146 Å². The lowest BCUT2D eigenvalue weighted by atomic mass is 9.67. The second kappa shape index (κ2) is 5.72. The first-order valence-electron chi connectivity index (χ1n) is 9.34. The number of methoxy groups -OCH3 is 1. The largest absolute Gasteiger partial charge is 0.466 e. The van der Waals surface area contributed by atoms with Gasteiger partial charge in [-0.2, -0.15) is 0 Å². The van der Waals surface area contributed by atoms with Crippen molar-refractivity contribution in [2.45, 2.75) is 84.3 Å². The maximum Gasteiger partial charge on any atom is 0.330 e. The molecule has 0 amide bonds. The molecule has 24 heavy (non-hydrogen) atoms. The Morgan fingerprint density at radius 3 is 2.67 bits per heavy atom. The maximum absolute atomic E-state index is 11.6. The zero-order valence-corrected chi connectivity index (χ0v) is 16.1. The van der Waals surface area contributed by atoms with Crippen molar-refractivity contribution in [3.8, 4) is 0 Å². The van der Waals surface area contributed by atoms with Crippen LogP contribution in [0.15, 0.2) is 22.8 Å². The van der Waals surface area contributed by atoms with Gasteiger partial charge in [0.2, 0.25) is 0 Å². The summed E-state index contributed by atoms with van der Waals surface area (Å²) in [4.78, 5) is 11.6. The molecule has 2 aliphatic carbocycles. The molecule has 1 saturated heterocycles. The van der Waals surface area contributed by atoms with Gasteiger partial charge in [0.15, 0.2) is 0 Å². The minimum Gasteiger partial charge on any atom is -0.466 e. The lowest BCUT2D eigenvalue weighted by Gasteiger charge is -2.37. The van der Waals surface area contributed by atoms with Gasteiger partial charge in [-0.25, -0.2) is 4.79 Å². The number of hydrogen-bond acceptors (Lipinski definition) is 3. The molecule has 0 aromatic heterocycles. The Kier molecular flexibility index (Phi) is 4.23. The molecule has 0 aromatic rings. The number of hydrogen-bond donors (Lipinski definition) is 0. The first kappa shape index (κ1) is 17.7. The number of fused-ring (bicyclic) bond motifs is 2. The van der Waals surface area contributed by atoms with Gasteiger partial charge in [-0.05, 0) is 62.9 Å². The maximum atomic E-state index is 11.6. The molecular weight excluding hydrogens is 300 g/mol. The van der Waals surface area contributed by atoms with Crippen LogP contribution in [-0.4, -0.2) is 24.3 Å². The average Bonchev–Trinajstić information content (AvgIpc) is 3.11. The van der Waals surface area contributed by atoms with Crippen LogP contribution in [0.3, 0.4) is 0 Å². The van der Waals surface area contributed by atoms with Crippen molar-refractivity contribution in [1.29, 1.82) is 0 Å². The number of carbonyl (C=O) groups excluding carboxylic acids is 1. The van der Waals surface area contributed by atoms with E-state index in [-0.39, 0.29) is 22.6 Å². The Balaban J connectivity index is 2.03. The molecule has 0 N–H and O–H groups in total. The highest BCUT2D eigenvalue weighted by molar-refractivity contribution is 5.82. The van der Waals surface area contributed by atoms with Gasteiger partial charge in [-0.15, -0.1) is 0 Å². The molecule has 3 heteroatoms. The molecule has 3 aliphatic rings. The van der Waals surface area contributed by atoms with Crippen LogP contribution in [-0.2, 0) is 14.3 Å². The Bertz CT molecular complexity index is 613. The van der Waals surface area contributed by atoms with E-state index in [1.165, 1.54) is 32.8 Å². The van der Waals surface area contributed by atoms with Gasteiger partial charge < -0.3 is 9.47 Å². The van der Waals surface area contributed by atoms with Crippen LogP contribution in [0.1, 0.15) is 73.1 Å². The Morgan fingerprint density at radius 2 is 2.00 bits per heavy atom.